The van der Waals surface area contributed by atoms with E-state index in [1.807, 2.05) is 18.2 Å². The van der Waals surface area contributed by atoms with Crippen molar-refractivity contribution in [2.75, 3.05) is 6.79 Å². The summed E-state index contributed by atoms with van der Waals surface area (Å²) in [6, 6.07) is 5.94. The highest BCUT2D eigenvalue weighted by molar-refractivity contribution is 5.45. The van der Waals surface area contributed by atoms with Gasteiger partial charge in [-0.15, -0.1) is 0 Å². The van der Waals surface area contributed by atoms with Crippen LogP contribution in [0.15, 0.2) is 18.2 Å². The van der Waals surface area contributed by atoms with Crippen LogP contribution in [0.4, 0.5) is 0 Å². The summed E-state index contributed by atoms with van der Waals surface area (Å²) >= 11 is 0. The third-order valence-electron chi connectivity index (χ3n) is 2.26. The van der Waals surface area contributed by atoms with E-state index in [4.69, 9.17) is 15.2 Å². The van der Waals surface area contributed by atoms with Gasteiger partial charge in [0.1, 0.15) is 0 Å². The second kappa shape index (κ2) is 3.26. The molecule has 0 amide bonds. The van der Waals surface area contributed by atoms with Crippen molar-refractivity contribution in [1.29, 1.82) is 0 Å². The number of hydrogen-bond donors (Lipinski definition) is 1. The summed E-state index contributed by atoms with van der Waals surface area (Å²) in [5, 5.41) is 0. The molecule has 0 spiro atoms. The first kappa shape index (κ1) is 8.38. The summed E-state index contributed by atoms with van der Waals surface area (Å²) in [6.45, 7) is 2.38. The first-order valence-corrected chi connectivity index (χ1v) is 4.46. The molecule has 1 aromatic rings. The van der Waals surface area contributed by atoms with Crippen molar-refractivity contribution in [3.05, 3.63) is 23.8 Å². The zero-order chi connectivity index (χ0) is 9.26. The van der Waals surface area contributed by atoms with E-state index in [0.717, 1.165) is 23.5 Å². The van der Waals surface area contributed by atoms with Crippen LogP contribution in [0.3, 0.4) is 0 Å². The quantitative estimate of drug-likeness (QED) is 0.753. The molecular formula is C10H13NO2. The SMILES string of the molecule is CC[C@@H](N)c1ccc2c(c1)OCO2. The molecule has 3 nitrogen and oxygen atoms in total. The highest BCUT2D eigenvalue weighted by atomic mass is 16.7. The third-order valence-corrected chi connectivity index (χ3v) is 2.26. The minimum absolute atomic E-state index is 0.0921. The summed E-state index contributed by atoms with van der Waals surface area (Å²) in [5.41, 5.74) is 7.00. The smallest absolute Gasteiger partial charge is 0.231 e. The van der Waals surface area contributed by atoms with Crippen LogP contribution in [0.2, 0.25) is 0 Å². The van der Waals surface area contributed by atoms with Crippen molar-refractivity contribution in [2.45, 2.75) is 19.4 Å². The van der Waals surface area contributed by atoms with Gasteiger partial charge in [-0.25, -0.2) is 0 Å². The van der Waals surface area contributed by atoms with Gasteiger partial charge in [-0.05, 0) is 24.1 Å². The van der Waals surface area contributed by atoms with Crippen molar-refractivity contribution >= 4 is 0 Å². The second-order valence-electron chi connectivity index (χ2n) is 3.13. The highest BCUT2D eigenvalue weighted by Gasteiger charge is 2.14. The van der Waals surface area contributed by atoms with Crippen molar-refractivity contribution in [3.63, 3.8) is 0 Å². The van der Waals surface area contributed by atoms with Gasteiger partial charge in [-0.3, -0.25) is 0 Å². The number of benzene rings is 1. The zero-order valence-electron chi connectivity index (χ0n) is 7.62. The molecule has 0 saturated heterocycles. The Balaban J connectivity index is 2.30. The largest absolute Gasteiger partial charge is 0.454 e. The Morgan fingerprint density at radius 2 is 2.15 bits per heavy atom. The Labute approximate surface area is 77.5 Å². The minimum Gasteiger partial charge on any atom is -0.454 e. The lowest BCUT2D eigenvalue weighted by atomic mass is 10.1. The topological polar surface area (TPSA) is 44.5 Å². The molecule has 0 fully saturated rings. The lowest BCUT2D eigenvalue weighted by Crippen LogP contribution is -2.08. The van der Waals surface area contributed by atoms with Gasteiger partial charge < -0.3 is 15.2 Å². The molecule has 1 aliphatic rings. The Morgan fingerprint density at radius 3 is 2.92 bits per heavy atom. The predicted molar refractivity (Wildman–Crippen MR) is 49.8 cm³/mol. The first-order valence-electron chi connectivity index (χ1n) is 4.46. The van der Waals surface area contributed by atoms with Gasteiger partial charge >= 0.3 is 0 Å². The van der Waals surface area contributed by atoms with Crippen LogP contribution in [-0.2, 0) is 0 Å². The Morgan fingerprint density at radius 1 is 1.38 bits per heavy atom. The van der Waals surface area contributed by atoms with E-state index in [1.54, 1.807) is 0 Å². The third kappa shape index (κ3) is 1.47. The maximum absolute atomic E-state index is 5.89. The molecule has 0 radical (unpaired) electrons. The van der Waals surface area contributed by atoms with Crippen LogP contribution in [-0.4, -0.2) is 6.79 Å². The molecule has 0 unspecified atom stereocenters. The van der Waals surface area contributed by atoms with Gasteiger partial charge in [0.15, 0.2) is 11.5 Å². The molecule has 0 aliphatic carbocycles. The maximum Gasteiger partial charge on any atom is 0.231 e. The monoisotopic (exact) mass is 179 g/mol. The van der Waals surface area contributed by atoms with E-state index in [1.165, 1.54) is 0 Å². The second-order valence-corrected chi connectivity index (χ2v) is 3.13. The van der Waals surface area contributed by atoms with Crippen molar-refractivity contribution < 1.29 is 9.47 Å². The number of hydrogen-bond acceptors (Lipinski definition) is 3. The van der Waals surface area contributed by atoms with Crippen LogP contribution < -0.4 is 15.2 Å². The molecule has 1 aromatic carbocycles. The summed E-state index contributed by atoms with van der Waals surface area (Å²) in [7, 11) is 0. The van der Waals surface area contributed by atoms with Crippen molar-refractivity contribution in [3.8, 4) is 11.5 Å². The number of ether oxygens (including phenoxy) is 2. The molecule has 3 heteroatoms. The average molecular weight is 179 g/mol. The number of fused-ring (bicyclic) bond motifs is 1. The predicted octanol–water partition coefficient (Wildman–Crippen LogP) is 1.83. The molecule has 1 aliphatic heterocycles. The van der Waals surface area contributed by atoms with E-state index >= 15 is 0 Å². The minimum atomic E-state index is 0.0921. The highest BCUT2D eigenvalue weighted by Crippen LogP contribution is 2.34. The van der Waals surface area contributed by atoms with Gasteiger partial charge in [0.25, 0.3) is 0 Å². The van der Waals surface area contributed by atoms with Crippen LogP contribution in [0.1, 0.15) is 24.9 Å². The molecule has 13 heavy (non-hydrogen) atoms. The van der Waals surface area contributed by atoms with E-state index in [0.29, 0.717) is 6.79 Å². The standard InChI is InChI=1S/C10H13NO2/c1-2-8(11)7-3-4-9-10(5-7)13-6-12-9/h3-5,8H,2,6,11H2,1H3/t8-/m1/s1. The lowest BCUT2D eigenvalue weighted by molar-refractivity contribution is 0.174. The van der Waals surface area contributed by atoms with Crippen LogP contribution >= 0.6 is 0 Å². The van der Waals surface area contributed by atoms with Gasteiger partial charge in [0.2, 0.25) is 6.79 Å². The lowest BCUT2D eigenvalue weighted by Gasteiger charge is -2.09. The summed E-state index contributed by atoms with van der Waals surface area (Å²) in [6.07, 6.45) is 0.930. The van der Waals surface area contributed by atoms with E-state index in [9.17, 15) is 0 Å². The van der Waals surface area contributed by atoms with Crippen LogP contribution in [0.5, 0.6) is 11.5 Å². The summed E-state index contributed by atoms with van der Waals surface area (Å²) < 4.78 is 10.5. The first-order chi connectivity index (χ1) is 6.31. The molecular weight excluding hydrogens is 166 g/mol. The van der Waals surface area contributed by atoms with E-state index < -0.39 is 0 Å². The van der Waals surface area contributed by atoms with Gasteiger partial charge in [0.05, 0.1) is 0 Å². The van der Waals surface area contributed by atoms with Crippen LogP contribution in [0, 0.1) is 0 Å². The number of nitrogens with two attached hydrogens (primary N) is 1. The van der Waals surface area contributed by atoms with Crippen molar-refractivity contribution in [2.24, 2.45) is 5.73 Å². The molecule has 70 valence electrons. The molecule has 2 N–H and O–H groups in total. The normalized spacial score (nSPS) is 15.8. The summed E-state index contributed by atoms with van der Waals surface area (Å²) in [4.78, 5) is 0. The Bertz CT molecular complexity index is 312. The summed E-state index contributed by atoms with van der Waals surface area (Å²) in [5.74, 6) is 1.62. The molecule has 0 saturated carbocycles. The molecule has 1 atom stereocenters. The zero-order valence-corrected chi connectivity index (χ0v) is 7.62. The van der Waals surface area contributed by atoms with Crippen LogP contribution in [0.25, 0.3) is 0 Å². The maximum atomic E-state index is 5.89. The van der Waals surface area contributed by atoms with Gasteiger partial charge in [0, 0.05) is 6.04 Å². The fourth-order valence-corrected chi connectivity index (χ4v) is 1.38. The number of rotatable bonds is 2. The van der Waals surface area contributed by atoms with Gasteiger partial charge in [-0.1, -0.05) is 13.0 Å². The molecule has 1 heterocycles. The van der Waals surface area contributed by atoms with E-state index in [2.05, 4.69) is 6.92 Å². The fourth-order valence-electron chi connectivity index (χ4n) is 1.38. The van der Waals surface area contributed by atoms with Crippen molar-refractivity contribution in [1.82, 2.24) is 0 Å². The van der Waals surface area contributed by atoms with Gasteiger partial charge in [-0.2, -0.15) is 0 Å². The Hall–Kier alpha value is -1.22. The fraction of sp³-hybridized carbons (Fsp3) is 0.400. The molecule has 0 bridgehead atoms. The average Bonchev–Trinajstić information content (AvgIpc) is 2.63. The Kier molecular flexibility index (Phi) is 2.10. The molecule has 2 rings (SSSR count). The molecule has 0 aromatic heterocycles. The van der Waals surface area contributed by atoms with E-state index in [-0.39, 0.29) is 6.04 Å².